The van der Waals surface area contributed by atoms with Gasteiger partial charge in [0.2, 0.25) is 0 Å². The van der Waals surface area contributed by atoms with Crippen LogP contribution in [0.3, 0.4) is 0 Å². The van der Waals surface area contributed by atoms with Gasteiger partial charge >= 0.3 is 0 Å². The molecule has 80 valence electrons. The number of aldehydes is 1. The molecule has 1 heterocycles. The largest absolute Gasteiger partial charge is 0.398 e. The highest BCUT2D eigenvalue weighted by Crippen LogP contribution is 2.17. The molecule has 0 aliphatic rings. The topological polar surface area (TPSA) is 86.4 Å². The number of carbonyl (C=O) groups is 1. The molecule has 1 aromatic heterocycles. The van der Waals surface area contributed by atoms with Crippen LogP contribution in [0.5, 0.6) is 0 Å². The van der Waals surface area contributed by atoms with E-state index >= 15 is 0 Å². The van der Waals surface area contributed by atoms with Crippen LogP contribution < -0.4 is 11.6 Å². The molecule has 0 aliphatic carbocycles. The van der Waals surface area contributed by atoms with Crippen LogP contribution in [0, 0.1) is 6.92 Å². The number of allylic oxidation sites excluding steroid dienone is 1. The minimum atomic E-state index is 0.426. The van der Waals surface area contributed by atoms with Crippen molar-refractivity contribution in [3.05, 3.63) is 29.1 Å². The summed E-state index contributed by atoms with van der Waals surface area (Å²) in [4.78, 5) is 14.5. The van der Waals surface area contributed by atoms with Crippen LogP contribution in [0.4, 0.5) is 0 Å². The van der Waals surface area contributed by atoms with Gasteiger partial charge in [0, 0.05) is 30.7 Å². The van der Waals surface area contributed by atoms with Gasteiger partial charge in [0.1, 0.15) is 5.69 Å². The fraction of sp³-hybridized carbons (Fsp3) is 0.200. The summed E-state index contributed by atoms with van der Waals surface area (Å²) in [5, 5.41) is 0. The van der Waals surface area contributed by atoms with Crippen LogP contribution >= 0.6 is 0 Å². The highest BCUT2D eigenvalue weighted by Gasteiger charge is 2.11. The van der Waals surface area contributed by atoms with Gasteiger partial charge in [-0.2, -0.15) is 0 Å². The SMILES string of the molecule is CN=C/C=C(\N)c1cn(N)c(C=O)c1C. The van der Waals surface area contributed by atoms with E-state index in [9.17, 15) is 4.79 Å². The van der Waals surface area contributed by atoms with E-state index < -0.39 is 0 Å². The van der Waals surface area contributed by atoms with E-state index in [-0.39, 0.29) is 0 Å². The van der Waals surface area contributed by atoms with Gasteiger partial charge in [0.05, 0.1) is 0 Å². The minimum Gasteiger partial charge on any atom is -0.398 e. The van der Waals surface area contributed by atoms with Gasteiger partial charge in [-0.15, -0.1) is 0 Å². The van der Waals surface area contributed by atoms with E-state index in [1.54, 1.807) is 32.5 Å². The molecule has 0 saturated carbocycles. The number of aliphatic imine (C=N–C) groups is 1. The quantitative estimate of drug-likeness (QED) is 0.424. The van der Waals surface area contributed by atoms with Crippen molar-refractivity contribution in [1.82, 2.24) is 4.68 Å². The van der Waals surface area contributed by atoms with Gasteiger partial charge in [0.25, 0.3) is 0 Å². The fourth-order valence-corrected chi connectivity index (χ4v) is 1.32. The number of nitrogens with zero attached hydrogens (tertiary/aromatic N) is 2. The Morgan fingerprint density at radius 3 is 2.73 bits per heavy atom. The summed E-state index contributed by atoms with van der Waals surface area (Å²) < 4.78 is 1.27. The number of hydrogen-bond donors (Lipinski definition) is 2. The van der Waals surface area contributed by atoms with Gasteiger partial charge in [-0.25, -0.2) is 0 Å². The van der Waals surface area contributed by atoms with Crippen molar-refractivity contribution in [2.75, 3.05) is 12.9 Å². The zero-order chi connectivity index (χ0) is 11.4. The molecule has 5 nitrogen and oxygen atoms in total. The highest BCUT2D eigenvalue weighted by molar-refractivity contribution is 5.86. The van der Waals surface area contributed by atoms with Crippen LogP contribution in [-0.4, -0.2) is 24.2 Å². The summed E-state index contributed by atoms with van der Waals surface area (Å²) in [6, 6.07) is 0. The molecule has 4 N–H and O–H groups in total. The number of nitrogen functional groups attached to an aromatic ring is 1. The van der Waals surface area contributed by atoms with Crippen molar-refractivity contribution in [3.8, 4) is 0 Å². The van der Waals surface area contributed by atoms with Crippen molar-refractivity contribution in [2.24, 2.45) is 10.7 Å². The molecule has 0 bridgehead atoms. The second kappa shape index (κ2) is 4.45. The third-order valence-electron chi connectivity index (χ3n) is 2.16. The minimum absolute atomic E-state index is 0.426. The lowest BCUT2D eigenvalue weighted by Crippen LogP contribution is -2.10. The molecule has 0 aliphatic heterocycles. The number of carbonyl (C=O) groups excluding carboxylic acids is 1. The zero-order valence-electron chi connectivity index (χ0n) is 8.77. The second-order valence-corrected chi connectivity index (χ2v) is 3.11. The fourth-order valence-electron chi connectivity index (χ4n) is 1.32. The predicted octanol–water partition coefficient (Wildman–Crippen LogP) is 0.323. The third kappa shape index (κ3) is 2.07. The van der Waals surface area contributed by atoms with Crippen LogP contribution in [0.15, 0.2) is 17.3 Å². The van der Waals surface area contributed by atoms with Crippen LogP contribution in [0.1, 0.15) is 21.6 Å². The molecule has 0 unspecified atom stereocenters. The average molecular weight is 206 g/mol. The highest BCUT2D eigenvalue weighted by atomic mass is 16.1. The molecule has 0 radical (unpaired) electrons. The van der Waals surface area contributed by atoms with Crippen molar-refractivity contribution in [2.45, 2.75) is 6.92 Å². The summed E-state index contributed by atoms with van der Waals surface area (Å²) in [5.74, 6) is 5.59. The van der Waals surface area contributed by atoms with E-state index in [1.807, 2.05) is 0 Å². The second-order valence-electron chi connectivity index (χ2n) is 3.11. The lowest BCUT2D eigenvalue weighted by Gasteiger charge is -1.97. The Hall–Kier alpha value is -2.04. The van der Waals surface area contributed by atoms with Crippen LogP contribution in [0.25, 0.3) is 5.70 Å². The van der Waals surface area contributed by atoms with Crippen LogP contribution in [0.2, 0.25) is 0 Å². The van der Waals surface area contributed by atoms with Gasteiger partial charge in [-0.1, -0.05) is 0 Å². The molecule has 0 atom stereocenters. The first-order chi connectivity index (χ1) is 7.11. The molecule has 0 amide bonds. The molecule has 0 saturated heterocycles. The number of aromatic nitrogens is 1. The van der Waals surface area contributed by atoms with Crippen molar-refractivity contribution < 1.29 is 4.79 Å². The maximum Gasteiger partial charge on any atom is 0.168 e. The smallest absolute Gasteiger partial charge is 0.168 e. The summed E-state index contributed by atoms with van der Waals surface area (Å²) in [7, 11) is 1.65. The maximum absolute atomic E-state index is 10.7. The summed E-state index contributed by atoms with van der Waals surface area (Å²) in [6.07, 6.45) is 5.58. The Kier molecular flexibility index (Phi) is 3.28. The number of rotatable bonds is 3. The molecule has 1 aromatic rings. The van der Waals surface area contributed by atoms with Crippen molar-refractivity contribution in [1.29, 1.82) is 0 Å². The molecule has 0 aromatic carbocycles. The first kappa shape index (κ1) is 11.0. The van der Waals surface area contributed by atoms with Crippen molar-refractivity contribution >= 4 is 18.2 Å². The lowest BCUT2D eigenvalue weighted by molar-refractivity contribution is 0.111. The molecule has 0 spiro atoms. The molecular formula is C10H14N4O. The average Bonchev–Trinajstić information content (AvgIpc) is 2.50. The Morgan fingerprint density at radius 1 is 1.60 bits per heavy atom. The van der Waals surface area contributed by atoms with E-state index in [0.717, 1.165) is 11.1 Å². The van der Waals surface area contributed by atoms with E-state index in [1.165, 1.54) is 4.68 Å². The molecule has 1 rings (SSSR count). The first-order valence-corrected chi connectivity index (χ1v) is 4.42. The Labute approximate surface area is 88.1 Å². The van der Waals surface area contributed by atoms with E-state index in [2.05, 4.69) is 4.99 Å². The van der Waals surface area contributed by atoms with Crippen molar-refractivity contribution in [3.63, 3.8) is 0 Å². The summed E-state index contributed by atoms with van der Waals surface area (Å²) in [5.41, 5.74) is 8.28. The standard InChI is InChI=1S/C10H14N4O/c1-7-8(9(11)3-4-13-2)5-14(12)10(7)6-15/h3-6H,11-12H2,1-2H3/b9-3-,13-4?. The Balaban J connectivity index is 3.21. The van der Waals surface area contributed by atoms with Gasteiger partial charge in [0.15, 0.2) is 6.29 Å². The van der Waals surface area contributed by atoms with E-state index in [4.69, 9.17) is 11.6 Å². The Bertz CT molecular complexity index is 429. The lowest BCUT2D eigenvalue weighted by atomic mass is 10.1. The molecular weight excluding hydrogens is 192 g/mol. The number of hydrogen-bond acceptors (Lipinski definition) is 4. The van der Waals surface area contributed by atoms with Crippen LogP contribution in [-0.2, 0) is 0 Å². The van der Waals surface area contributed by atoms with Gasteiger partial charge in [-0.05, 0) is 18.6 Å². The maximum atomic E-state index is 10.7. The van der Waals surface area contributed by atoms with Gasteiger partial charge in [-0.3, -0.25) is 14.5 Å². The monoisotopic (exact) mass is 206 g/mol. The third-order valence-corrected chi connectivity index (χ3v) is 2.16. The first-order valence-electron chi connectivity index (χ1n) is 4.42. The molecule has 5 heteroatoms. The summed E-state index contributed by atoms with van der Waals surface area (Å²) in [6.45, 7) is 1.80. The predicted molar refractivity (Wildman–Crippen MR) is 61.3 cm³/mol. The Morgan fingerprint density at radius 2 is 2.27 bits per heavy atom. The normalized spacial score (nSPS) is 12.3. The number of nitrogens with two attached hydrogens (primary N) is 2. The molecule has 0 fully saturated rings. The van der Waals surface area contributed by atoms with Gasteiger partial charge < -0.3 is 11.6 Å². The summed E-state index contributed by atoms with van der Waals surface area (Å²) >= 11 is 0. The van der Waals surface area contributed by atoms with E-state index in [0.29, 0.717) is 17.7 Å². The molecule has 15 heavy (non-hydrogen) atoms. The zero-order valence-corrected chi connectivity index (χ0v) is 8.77.